The smallest absolute Gasteiger partial charge is 0.346 e. The second-order valence-corrected chi connectivity index (χ2v) is 4.98. The summed E-state index contributed by atoms with van der Waals surface area (Å²) in [6, 6.07) is 7.97. The molecule has 0 saturated carbocycles. The van der Waals surface area contributed by atoms with Gasteiger partial charge in [0.15, 0.2) is 0 Å². The minimum atomic E-state index is -0.519. The third kappa shape index (κ3) is 2.99. The molecule has 0 bridgehead atoms. The number of carbonyl (C=O) groups is 1. The van der Waals surface area contributed by atoms with Gasteiger partial charge in [-0.1, -0.05) is 43.3 Å². The topological polar surface area (TPSA) is 78.4 Å². The van der Waals surface area contributed by atoms with E-state index in [1.165, 1.54) is 5.56 Å². The highest BCUT2D eigenvalue weighted by molar-refractivity contribution is 5.94. The number of carbonyl (C=O) groups excluding carboxylic acids is 1. The summed E-state index contributed by atoms with van der Waals surface area (Å²) in [6.07, 6.45) is 0. The van der Waals surface area contributed by atoms with E-state index in [-0.39, 0.29) is 18.1 Å². The second kappa shape index (κ2) is 5.77. The molecule has 20 heavy (non-hydrogen) atoms. The molecule has 0 unspecified atom stereocenters. The van der Waals surface area contributed by atoms with Crippen molar-refractivity contribution in [2.75, 3.05) is 5.73 Å². The second-order valence-electron chi connectivity index (χ2n) is 4.98. The van der Waals surface area contributed by atoms with Crippen LogP contribution in [0.3, 0.4) is 0 Å². The van der Waals surface area contributed by atoms with E-state index in [9.17, 15) is 4.79 Å². The summed E-state index contributed by atoms with van der Waals surface area (Å²) in [6.45, 7) is 6.11. The molecule has 1 aromatic heterocycles. The molecular formula is C15H18N2O3. The summed E-state index contributed by atoms with van der Waals surface area (Å²) < 4.78 is 9.95. The molecule has 0 atom stereocenters. The zero-order valence-corrected chi connectivity index (χ0v) is 11.8. The number of aromatic nitrogens is 1. The van der Waals surface area contributed by atoms with Gasteiger partial charge in [-0.3, -0.25) is 0 Å². The maximum absolute atomic E-state index is 11.9. The Kier molecular flexibility index (Phi) is 4.08. The van der Waals surface area contributed by atoms with Gasteiger partial charge in [0.1, 0.15) is 12.2 Å². The van der Waals surface area contributed by atoms with Crippen LogP contribution in [0.5, 0.6) is 0 Å². The van der Waals surface area contributed by atoms with Crippen LogP contribution in [0.2, 0.25) is 0 Å². The van der Waals surface area contributed by atoms with Gasteiger partial charge in [-0.25, -0.2) is 4.79 Å². The Morgan fingerprint density at radius 1 is 1.35 bits per heavy atom. The number of aryl methyl sites for hydroxylation is 1. The molecule has 2 aromatic rings. The third-order valence-corrected chi connectivity index (χ3v) is 3.11. The first-order chi connectivity index (χ1) is 9.49. The standard InChI is InChI=1S/C15H18N2O3/c1-9(2)12-6-4-11(5-7-12)8-19-15(18)13-10(3)17-20-14(13)16/h4-7,9H,8,16H2,1-3H3. The van der Waals surface area contributed by atoms with Crippen molar-refractivity contribution in [3.8, 4) is 0 Å². The minimum absolute atomic E-state index is 0.0114. The molecule has 0 aliphatic heterocycles. The van der Waals surface area contributed by atoms with Gasteiger partial charge in [0.05, 0.1) is 5.69 Å². The first kappa shape index (κ1) is 14.1. The van der Waals surface area contributed by atoms with Crippen molar-refractivity contribution in [1.29, 1.82) is 0 Å². The van der Waals surface area contributed by atoms with Crippen LogP contribution in [0.4, 0.5) is 5.88 Å². The number of ether oxygens (including phenoxy) is 1. The fourth-order valence-electron chi connectivity index (χ4n) is 1.86. The van der Waals surface area contributed by atoms with Crippen LogP contribution in [0.1, 0.15) is 46.9 Å². The van der Waals surface area contributed by atoms with E-state index in [4.69, 9.17) is 15.0 Å². The molecule has 0 saturated heterocycles. The van der Waals surface area contributed by atoms with Crippen LogP contribution in [0.25, 0.3) is 0 Å². The maximum Gasteiger partial charge on any atom is 0.346 e. The molecule has 5 nitrogen and oxygen atoms in total. The fraction of sp³-hybridized carbons (Fsp3) is 0.333. The predicted octanol–water partition coefficient (Wildman–Crippen LogP) is 3.05. The van der Waals surface area contributed by atoms with Crippen LogP contribution in [0.15, 0.2) is 28.8 Å². The number of hydrogen-bond acceptors (Lipinski definition) is 5. The first-order valence-electron chi connectivity index (χ1n) is 6.46. The summed E-state index contributed by atoms with van der Waals surface area (Å²) in [5.41, 5.74) is 8.34. The van der Waals surface area contributed by atoms with Gasteiger partial charge in [-0.2, -0.15) is 0 Å². The Labute approximate surface area is 117 Å². The Bertz CT molecular complexity index is 581. The van der Waals surface area contributed by atoms with Crippen LogP contribution in [-0.2, 0) is 11.3 Å². The number of anilines is 1. The molecule has 5 heteroatoms. The van der Waals surface area contributed by atoms with Gasteiger partial charge in [-0.05, 0) is 24.0 Å². The number of nitrogen functional groups attached to an aromatic ring is 1. The average molecular weight is 274 g/mol. The maximum atomic E-state index is 11.9. The Morgan fingerprint density at radius 2 is 2.00 bits per heavy atom. The van der Waals surface area contributed by atoms with E-state index in [0.29, 0.717) is 11.6 Å². The van der Waals surface area contributed by atoms with Crippen molar-refractivity contribution in [2.45, 2.75) is 33.3 Å². The molecule has 106 valence electrons. The number of hydrogen-bond donors (Lipinski definition) is 1. The van der Waals surface area contributed by atoms with E-state index in [1.807, 2.05) is 24.3 Å². The zero-order chi connectivity index (χ0) is 14.7. The monoisotopic (exact) mass is 274 g/mol. The summed E-state index contributed by atoms with van der Waals surface area (Å²) in [5, 5.41) is 3.62. The molecule has 0 aliphatic rings. The van der Waals surface area contributed by atoms with E-state index in [2.05, 4.69) is 19.0 Å². The quantitative estimate of drug-likeness (QED) is 0.867. The Hall–Kier alpha value is -2.30. The minimum Gasteiger partial charge on any atom is -0.457 e. The van der Waals surface area contributed by atoms with Crippen LogP contribution in [0, 0.1) is 6.92 Å². The SMILES string of the molecule is Cc1noc(N)c1C(=O)OCc1ccc(C(C)C)cc1. The van der Waals surface area contributed by atoms with Gasteiger partial charge in [0.25, 0.3) is 0 Å². The van der Waals surface area contributed by atoms with E-state index < -0.39 is 5.97 Å². The largest absolute Gasteiger partial charge is 0.457 e. The van der Waals surface area contributed by atoms with Gasteiger partial charge in [-0.15, -0.1) is 0 Å². The lowest BCUT2D eigenvalue weighted by Gasteiger charge is -2.07. The lowest BCUT2D eigenvalue weighted by molar-refractivity contribution is 0.0472. The van der Waals surface area contributed by atoms with Crippen LogP contribution in [-0.4, -0.2) is 11.1 Å². The Balaban J connectivity index is 2.00. The van der Waals surface area contributed by atoms with Gasteiger partial charge < -0.3 is 15.0 Å². The highest BCUT2D eigenvalue weighted by Crippen LogP contribution is 2.18. The number of esters is 1. The summed E-state index contributed by atoms with van der Waals surface area (Å²) in [5.74, 6) is -0.0529. The number of rotatable bonds is 4. The highest BCUT2D eigenvalue weighted by Gasteiger charge is 2.19. The number of benzene rings is 1. The molecule has 0 radical (unpaired) electrons. The molecule has 1 heterocycles. The number of nitrogens with zero attached hydrogens (tertiary/aromatic N) is 1. The van der Waals surface area contributed by atoms with Crippen molar-refractivity contribution in [2.24, 2.45) is 0 Å². The molecule has 0 fully saturated rings. The lowest BCUT2D eigenvalue weighted by Crippen LogP contribution is -2.08. The molecule has 0 aliphatic carbocycles. The molecule has 1 aromatic carbocycles. The van der Waals surface area contributed by atoms with E-state index in [1.54, 1.807) is 6.92 Å². The Morgan fingerprint density at radius 3 is 2.50 bits per heavy atom. The molecular weight excluding hydrogens is 256 g/mol. The highest BCUT2D eigenvalue weighted by atomic mass is 16.5. The molecule has 2 rings (SSSR count). The summed E-state index contributed by atoms with van der Waals surface area (Å²) in [7, 11) is 0. The summed E-state index contributed by atoms with van der Waals surface area (Å²) >= 11 is 0. The third-order valence-electron chi connectivity index (χ3n) is 3.11. The van der Waals surface area contributed by atoms with Crippen molar-refractivity contribution in [1.82, 2.24) is 5.16 Å². The van der Waals surface area contributed by atoms with Crippen molar-refractivity contribution < 1.29 is 14.1 Å². The molecule has 0 spiro atoms. The van der Waals surface area contributed by atoms with Crippen molar-refractivity contribution in [3.05, 3.63) is 46.6 Å². The van der Waals surface area contributed by atoms with E-state index >= 15 is 0 Å². The average Bonchev–Trinajstić information content (AvgIpc) is 2.76. The van der Waals surface area contributed by atoms with Crippen molar-refractivity contribution >= 4 is 11.9 Å². The summed E-state index contributed by atoms with van der Waals surface area (Å²) in [4.78, 5) is 11.9. The van der Waals surface area contributed by atoms with Gasteiger partial charge in [0, 0.05) is 0 Å². The van der Waals surface area contributed by atoms with Crippen molar-refractivity contribution in [3.63, 3.8) is 0 Å². The molecule has 0 amide bonds. The van der Waals surface area contributed by atoms with Crippen LogP contribution < -0.4 is 5.73 Å². The fourth-order valence-corrected chi connectivity index (χ4v) is 1.86. The predicted molar refractivity (Wildman–Crippen MR) is 75.3 cm³/mol. The normalized spacial score (nSPS) is 10.8. The van der Waals surface area contributed by atoms with Gasteiger partial charge in [0.2, 0.25) is 5.88 Å². The lowest BCUT2D eigenvalue weighted by atomic mass is 10.0. The van der Waals surface area contributed by atoms with E-state index in [0.717, 1.165) is 5.56 Å². The first-order valence-corrected chi connectivity index (χ1v) is 6.46. The molecule has 2 N–H and O–H groups in total. The number of nitrogens with two attached hydrogens (primary N) is 1. The van der Waals surface area contributed by atoms with Crippen LogP contribution >= 0.6 is 0 Å². The van der Waals surface area contributed by atoms with Gasteiger partial charge >= 0.3 is 5.97 Å². The zero-order valence-electron chi connectivity index (χ0n) is 11.8.